The molecule has 27 heavy (non-hydrogen) atoms. The Kier molecular flexibility index (Phi) is 4.70. The molecule has 1 heterocycles. The minimum absolute atomic E-state index is 0.157. The summed E-state index contributed by atoms with van der Waals surface area (Å²) in [5.41, 5.74) is -1.36. The highest BCUT2D eigenvalue weighted by atomic mass is 19.1. The van der Waals surface area contributed by atoms with E-state index in [9.17, 15) is 20.2 Å². The number of ether oxygens (including phenoxy) is 1. The summed E-state index contributed by atoms with van der Waals surface area (Å²) in [4.78, 5) is 1.99. The highest BCUT2D eigenvalue weighted by Gasteiger charge is 2.58. The molecule has 1 aliphatic carbocycles. The molecule has 0 aromatic heterocycles. The molecule has 3 rings (SSSR count). The molecular weight excluding hydrogens is 345 g/mol. The van der Waals surface area contributed by atoms with Crippen LogP contribution < -0.4 is 4.74 Å². The van der Waals surface area contributed by atoms with Gasteiger partial charge in [-0.25, -0.2) is 4.39 Å². The van der Waals surface area contributed by atoms with Crippen LogP contribution in [-0.4, -0.2) is 37.9 Å². The fourth-order valence-electron chi connectivity index (χ4n) is 4.18. The molecule has 1 aliphatic heterocycles. The van der Waals surface area contributed by atoms with Crippen LogP contribution in [0.25, 0.3) is 0 Å². The number of hydrogen-bond acceptors (Lipinski definition) is 6. The maximum atomic E-state index is 14.8. The van der Waals surface area contributed by atoms with Crippen LogP contribution in [0, 0.1) is 62.5 Å². The smallest absolute Gasteiger partial charge is 0.189 e. The SMILES string of the molecule is COc1ccc(F)c([C@H]2[C@@H]3CN(C)CC=C3C(C#N)C(=N)C2(C#N)C#N)c1. The summed E-state index contributed by atoms with van der Waals surface area (Å²) in [7, 11) is 3.33. The first-order valence-corrected chi connectivity index (χ1v) is 8.46. The van der Waals surface area contributed by atoms with Gasteiger partial charge in [0.2, 0.25) is 0 Å². The van der Waals surface area contributed by atoms with Gasteiger partial charge in [0.15, 0.2) is 5.41 Å². The zero-order valence-corrected chi connectivity index (χ0v) is 15.0. The highest BCUT2D eigenvalue weighted by Crippen LogP contribution is 2.54. The van der Waals surface area contributed by atoms with Crippen LogP contribution in [0.2, 0.25) is 0 Å². The van der Waals surface area contributed by atoms with Crippen LogP contribution in [0.15, 0.2) is 29.8 Å². The van der Waals surface area contributed by atoms with Crippen molar-refractivity contribution in [2.75, 3.05) is 27.2 Å². The summed E-state index contributed by atoms with van der Waals surface area (Å²) in [6.45, 7) is 1.06. The summed E-state index contributed by atoms with van der Waals surface area (Å²) in [5, 5.41) is 38.0. The van der Waals surface area contributed by atoms with E-state index in [0.29, 0.717) is 24.4 Å². The van der Waals surface area contributed by atoms with Gasteiger partial charge >= 0.3 is 0 Å². The molecule has 0 saturated heterocycles. The Balaban J connectivity index is 2.31. The average molecular weight is 363 g/mol. The normalized spacial score (nSPS) is 26.7. The predicted octanol–water partition coefficient (Wildman–Crippen LogP) is 2.61. The molecule has 1 aromatic carbocycles. The number of methoxy groups -OCH3 is 1. The van der Waals surface area contributed by atoms with Gasteiger partial charge in [0.05, 0.1) is 31.0 Å². The molecule has 0 amide bonds. The number of rotatable bonds is 2. The molecule has 1 fully saturated rings. The van der Waals surface area contributed by atoms with Crippen molar-refractivity contribution in [3.8, 4) is 24.0 Å². The lowest BCUT2D eigenvalue weighted by atomic mass is 9.54. The minimum atomic E-state index is -1.92. The van der Waals surface area contributed by atoms with E-state index in [2.05, 4.69) is 6.07 Å². The average Bonchev–Trinajstić information content (AvgIpc) is 2.68. The Bertz CT molecular complexity index is 935. The number of hydrogen-bond donors (Lipinski definition) is 1. The predicted molar refractivity (Wildman–Crippen MR) is 95.3 cm³/mol. The van der Waals surface area contributed by atoms with Gasteiger partial charge in [-0.1, -0.05) is 6.08 Å². The van der Waals surface area contributed by atoms with Crippen molar-refractivity contribution in [1.29, 1.82) is 21.2 Å². The van der Waals surface area contributed by atoms with Gasteiger partial charge in [0.1, 0.15) is 17.5 Å². The van der Waals surface area contributed by atoms with E-state index >= 15 is 0 Å². The molecule has 0 bridgehead atoms. The molecule has 6 nitrogen and oxygen atoms in total. The van der Waals surface area contributed by atoms with Gasteiger partial charge in [-0.15, -0.1) is 0 Å². The van der Waals surface area contributed by atoms with Crippen LogP contribution in [0.4, 0.5) is 4.39 Å². The Morgan fingerprint density at radius 1 is 1.30 bits per heavy atom. The molecule has 0 spiro atoms. The number of fused-ring (bicyclic) bond motifs is 1. The van der Waals surface area contributed by atoms with Crippen LogP contribution >= 0.6 is 0 Å². The third kappa shape index (κ3) is 2.67. The molecule has 1 saturated carbocycles. The largest absolute Gasteiger partial charge is 0.497 e. The molecule has 1 N–H and O–H groups in total. The molecule has 2 aliphatic rings. The van der Waals surface area contributed by atoms with Crippen LogP contribution in [0.1, 0.15) is 11.5 Å². The van der Waals surface area contributed by atoms with E-state index in [1.165, 1.54) is 25.3 Å². The van der Waals surface area contributed by atoms with Crippen molar-refractivity contribution in [2.45, 2.75) is 5.92 Å². The maximum Gasteiger partial charge on any atom is 0.189 e. The summed E-state index contributed by atoms with van der Waals surface area (Å²) < 4.78 is 20.0. The number of benzene rings is 1. The lowest BCUT2D eigenvalue weighted by Crippen LogP contribution is -2.52. The topological polar surface area (TPSA) is 108 Å². The number of nitriles is 3. The first kappa shape index (κ1) is 18.6. The lowest BCUT2D eigenvalue weighted by Gasteiger charge is -2.47. The van der Waals surface area contributed by atoms with E-state index in [1.807, 2.05) is 30.2 Å². The fraction of sp³-hybridized carbons (Fsp3) is 0.400. The van der Waals surface area contributed by atoms with Crippen LogP contribution in [0.3, 0.4) is 0 Å². The monoisotopic (exact) mass is 363 g/mol. The summed E-state index contributed by atoms with van der Waals surface area (Å²) in [6, 6.07) is 10.2. The maximum absolute atomic E-state index is 14.8. The Labute approximate surface area is 157 Å². The first-order chi connectivity index (χ1) is 12.9. The standard InChI is InChI=1S/C20H18FN5O/c1-26-6-5-13-15(8-22)19(25)20(10-23,11-24)18(16(13)9-26)14-7-12(27-2)3-4-17(14)21/h3-5,7,15-16,18,25H,6,9H2,1-2H3/t15?,16-,18+/m1/s1. The lowest BCUT2D eigenvalue weighted by molar-refractivity contribution is 0.232. The second-order valence-corrected chi connectivity index (χ2v) is 6.90. The van der Waals surface area contributed by atoms with Gasteiger partial charge in [-0.2, -0.15) is 15.8 Å². The third-order valence-corrected chi connectivity index (χ3v) is 5.51. The van der Waals surface area contributed by atoms with Crippen molar-refractivity contribution < 1.29 is 9.13 Å². The van der Waals surface area contributed by atoms with Crippen molar-refractivity contribution in [3.05, 3.63) is 41.2 Å². The van der Waals surface area contributed by atoms with Crippen molar-refractivity contribution in [3.63, 3.8) is 0 Å². The Hall–Kier alpha value is -3.21. The minimum Gasteiger partial charge on any atom is -0.497 e. The van der Waals surface area contributed by atoms with Crippen molar-refractivity contribution >= 4 is 5.71 Å². The zero-order chi connectivity index (χ0) is 19.8. The summed E-state index contributed by atoms with van der Waals surface area (Å²) >= 11 is 0. The van der Waals surface area contributed by atoms with Gasteiger partial charge in [-0.05, 0) is 36.4 Å². The van der Waals surface area contributed by atoms with E-state index in [4.69, 9.17) is 10.1 Å². The number of nitrogens with zero attached hydrogens (tertiary/aromatic N) is 4. The molecule has 3 atom stereocenters. The molecule has 136 valence electrons. The number of halogens is 1. The van der Waals surface area contributed by atoms with E-state index in [0.717, 1.165) is 0 Å². The summed E-state index contributed by atoms with van der Waals surface area (Å²) in [5.74, 6) is -2.45. The van der Waals surface area contributed by atoms with Crippen LogP contribution in [-0.2, 0) is 0 Å². The summed E-state index contributed by atoms with van der Waals surface area (Å²) in [6.07, 6.45) is 1.86. The fourth-order valence-corrected chi connectivity index (χ4v) is 4.18. The van der Waals surface area contributed by atoms with E-state index in [1.54, 1.807) is 0 Å². The van der Waals surface area contributed by atoms with Crippen molar-refractivity contribution in [2.24, 2.45) is 17.3 Å². The quantitative estimate of drug-likeness (QED) is 0.813. The zero-order valence-electron chi connectivity index (χ0n) is 15.0. The van der Waals surface area contributed by atoms with Gasteiger partial charge in [0.25, 0.3) is 0 Å². The van der Waals surface area contributed by atoms with Gasteiger partial charge < -0.3 is 15.0 Å². The Morgan fingerprint density at radius 2 is 2.00 bits per heavy atom. The van der Waals surface area contributed by atoms with Gasteiger partial charge in [0, 0.05) is 24.9 Å². The van der Waals surface area contributed by atoms with Crippen molar-refractivity contribution in [1.82, 2.24) is 4.90 Å². The molecule has 0 radical (unpaired) electrons. The van der Waals surface area contributed by atoms with Gasteiger partial charge in [-0.3, -0.25) is 0 Å². The molecule has 1 unspecified atom stereocenters. The number of likely N-dealkylation sites (N-methyl/N-ethyl adjacent to an activating group) is 1. The third-order valence-electron chi connectivity index (χ3n) is 5.51. The van der Waals surface area contributed by atoms with E-state index in [-0.39, 0.29) is 11.3 Å². The highest BCUT2D eigenvalue weighted by molar-refractivity contribution is 6.00. The van der Waals surface area contributed by atoms with Crippen LogP contribution in [0.5, 0.6) is 5.75 Å². The second kappa shape index (κ2) is 6.83. The first-order valence-electron chi connectivity index (χ1n) is 8.46. The van der Waals surface area contributed by atoms with E-state index < -0.39 is 29.0 Å². The molecular formula is C20H18FN5O. The number of nitrogens with one attached hydrogen (secondary N) is 1. The molecule has 1 aromatic rings. The second-order valence-electron chi connectivity index (χ2n) is 6.90. The molecule has 7 heteroatoms. The Morgan fingerprint density at radius 3 is 2.59 bits per heavy atom.